The highest BCUT2D eigenvalue weighted by molar-refractivity contribution is 6.35. The van der Waals surface area contributed by atoms with Crippen LogP contribution in [0.3, 0.4) is 0 Å². The minimum atomic E-state index is 0.0486. The Morgan fingerprint density at radius 3 is 2.44 bits per heavy atom. The van der Waals surface area contributed by atoms with E-state index < -0.39 is 0 Å². The third-order valence-corrected chi connectivity index (χ3v) is 3.42. The third kappa shape index (κ3) is 2.58. The molecule has 0 heterocycles. The van der Waals surface area contributed by atoms with E-state index in [4.69, 9.17) is 23.2 Å². The predicted octanol–water partition coefficient (Wildman–Crippen LogP) is 5.17. The van der Waals surface area contributed by atoms with Gasteiger partial charge in [-0.2, -0.15) is 0 Å². The van der Waals surface area contributed by atoms with E-state index in [1.54, 1.807) is 25.1 Å². The van der Waals surface area contributed by atoms with Crippen LogP contribution in [-0.2, 0) is 0 Å². The molecule has 0 saturated heterocycles. The van der Waals surface area contributed by atoms with Crippen molar-refractivity contribution in [3.05, 3.63) is 57.6 Å². The molecule has 0 aromatic heterocycles. The first-order chi connectivity index (χ1) is 8.49. The Morgan fingerprint density at radius 2 is 1.78 bits per heavy atom. The van der Waals surface area contributed by atoms with Gasteiger partial charge >= 0.3 is 0 Å². The molecule has 0 bridgehead atoms. The quantitative estimate of drug-likeness (QED) is 0.693. The van der Waals surface area contributed by atoms with Crippen molar-refractivity contribution in [1.29, 1.82) is 0 Å². The average Bonchev–Trinajstić information content (AvgIpc) is 2.33. The van der Waals surface area contributed by atoms with Crippen LogP contribution in [0, 0.1) is 6.92 Å². The zero-order valence-electron chi connectivity index (χ0n) is 10.1. The molecule has 0 aliphatic carbocycles. The molecule has 0 aliphatic heterocycles. The summed E-state index contributed by atoms with van der Waals surface area (Å²) in [6.45, 7) is 3.48. The summed E-state index contributed by atoms with van der Waals surface area (Å²) in [4.78, 5) is 11.5. The lowest BCUT2D eigenvalue weighted by molar-refractivity contribution is 0.101. The number of hydrogen-bond donors (Lipinski definition) is 0. The molecule has 18 heavy (non-hydrogen) atoms. The molecule has 0 saturated carbocycles. The summed E-state index contributed by atoms with van der Waals surface area (Å²) in [5, 5.41) is 1.25. The first-order valence-corrected chi connectivity index (χ1v) is 6.31. The topological polar surface area (TPSA) is 17.1 Å². The van der Waals surface area contributed by atoms with E-state index in [1.165, 1.54) is 0 Å². The average molecular weight is 279 g/mol. The van der Waals surface area contributed by atoms with Gasteiger partial charge in [-0.1, -0.05) is 35.3 Å². The van der Waals surface area contributed by atoms with Crippen LogP contribution in [0.15, 0.2) is 36.4 Å². The standard InChI is InChI=1S/C15H12Cl2O/c1-9-3-4-11(7-13(9)10(2)18)14-8-12(16)5-6-15(14)17/h3-8H,1-2H3. The minimum Gasteiger partial charge on any atom is -0.295 e. The summed E-state index contributed by atoms with van der Waals surface area (Å²) in [5.74, 6) is 0.0486. The lowest BCUT2D eigenvalue weighted by Gasteiger charge is -2.08. The molecule has 0 N–H and O–H groups in total. The van der Waals surface area contributed by atoms with Crippen LogP contribution < -0.4 is 0 Å². The Bertz CT molecular complexity index is 618. The minimum absolute atomic E-state index is 0.0486. The van der Waals surface area contributed by atoms with E-state index >= 15 is 0 Å². The predicted molar refractivity (Wildman–Crippen MR) is 76.6 cm³/mol. The van der Waals surface area contributed by atoms with Crippen molar-refractivity contribution in [2.24, 2.45) is 0 Å². The fourth-order valence-electron chi connectivity index (χ4n) is 1.89. The van der Waals surface area contributed by atoms with Crippen LogP contribution in [0.5, 0.6) is 0 Å². The van der Waals surface area contributed by atoms with Crippen molar-refractivity contribution >= 4 is 29.0 Å². The number of rotatable bonds is 2. The van der Waals surface area contributed by atoms with Crippen LogP contribution in [-0.4, -0.2) is 5.78 Å². The summed E-state index contributed by atoms with van der Waals surface area (Å²) in [5.41, 5.74) is 3.41. The molecular weight excluding hydrogens is 267 g/mol. The van der Waals surface area contributed by atoms with Gasteiger partial charge in [-0.25, -0.2) is 0 Å². The van der Waals surface area contributed by atoms with Gasteiger partial charge in [0, 0.05) is 21.2 Å². The number of Topliss-reactive ketones (excluding diaryl/α,β-unsaturated/α-hetero) is 1. The van der Waals surface area contributed by atoms with Gasteiger partial charge in [-0.05, 0) is 49.2 Å². The first-order valence-electron chi connectivity index (χ1n) is 5.56. The highest BCUT2D eigenvalue weighted by Gasteiger charge is 2.09. The van der Waals surface area contributed by atoms with Gasteiger partial charge in [0.2, 0.25) is 0 Å². The van der Waals surface area contributed by atoms with E-state index in [1.807, 2.05) is 25.1 Å². The highest BCUT2D eigenvalue weighted by Crippen LogP contribution is 2.31. The molecule has 0 aliphatic rings. The smallest absolute Gasteiger partial charge is 0.160 e. The van der Waals surface area contributed by atoms with Crippen LogP contribution in [0.2, 0.25) is 10.0 Å². The van der Waals surface area contributed by atoms with E-state index in [-0.39, 0.29) is 5.78 Å². The molecule has 0 atom stereocenters. The summed E-state index contributed by atoms with van der Waals surface area (Å²) < 4.78 is 0. The summed E-state index contributed by atoms with van der Waals surface area (Å²) in [7, 11) is 0. The Hall–Kier alpha value is -1.31. The molecule has 0 amide bonds. The number of carbonyl (C=O) groups excluding carboxylic acids is 1. The number of aryl methyl sites for hydroxylation is 1. The second-order valence-corrected chi connectivity index (χ2v) is 5.05. The lowest BCUT2D eigenvalue weighted by atomic mass is 9.98. The molecule has 2 rings (SSSR count). The van der Waals surface area contributed by atoms with E-state index in [9.17, 15) is 4.79 Å². The zero-order valence-corrected chi connectivity index (χ0v) is 11.6. The van der Waals surface area contributed by atoms with Crippen molar-refractivity contribution in [2.75, 3.05) is 0 Å². The molecule has 0 fully saturated rings. The first kappa shape index (κ1) is 13.1. The van der Waals surface area contributed by atoms with Gasteiger partial charge in [-0.15, -0.1) is 0 Å². The molecule has 3 heteroatoms. The normalized spacial score (nSPS) is 10.4. The van der Waals surface area contributed by atoms with E-state index in [2.05, 4.69) is 0 Å². The highest BCUT2D eigenvalue weighted by atomic mass is 35.5. The van der Waals surface area contributed by atoms with Crippen LogP contribution >= 0.6 is 23.2 Å². The molecule has 2 aromatic rings. The number of benzene rings is 2. The maximum Gasteiger partial charge on any atom is 0.160 e. The maximum absolute atomic E-state index is 11.5. The SMILES string of the molecule is CC(=O)c1cc(-c2cc(Cl)ccc2Cl)ccc1C. The molecule has 2 aromatic carbocycles. The zero-order chi connectivity index (χ0) is 13.3. The van der Waals surface area contributed by atoms with Crippen LogP contribution in [0.1, 0.15) is 22.8 Å². The van der Waals surface area contributed by atoms with Crippen molar-refractivity contribution < 1.29 is 4.79 Å². The van der Waals surface area contributed by atoms with Crippen molar-refractivity contribution in [3.8, 4) is 11.1 Å². The van der Waals surface area contributed by atoms with Gasteiger partial charge in [0.15, 0.2) is 5.78 Å². The second-order valence-electron chi connectivity index (χ2n) is 4.21. The van der Waals surface area contributed by atoms with Gasteiger partial charge in [-0.3, -0.25) is 4.79 Å². The van der Waals surface area contributed by atoms with Crippen molar-refractivity contribution in [1.82, 2.24) is 0 Å². The van der Waals surface area contributed by atoms with Gasteiger partial charge in [0.05, 0.1) is 0 Å². The van der Waals surface area contributed by atoms with Crippen LogP contribution in [0.25, 0.3) is 11.1 Å². The molecule has 0 unspecified atom stereocenters. The number of halogens is 2. The lowest BCUT2D eigenvalue weighted by Crippen LogP contribution is -1.96. The van der Waals surface area contributed by atoms with Gasteiger partial charge in [0.1, 0.15) is 0 Å². The number of hydrogen-bond acceptors (Lipinski definition) is 1. The van der Waals surface area contributed by atoms with Crippen molar-refractivity contribution in [2.45, 2.75) is 13.8 Å². The summed E-state index contributed by atoms with van der Waals surface area (Å²) in [6.07, 6.45) is 0. The fourth-order valence-corrected chi connectivity index (χ4v) is 2.29. The van der Waals surface area contributed by atoms with Crippen LogP contribution in [0.4, 0.5) is 0 Å². The summed E-state index contributed by atoms with van der Waals surface area (Å²) in [6, 6.07) is 11.0. The Balaban J connectivity index is 2.61. The Morgan fingerprint density at radius 1 is 1.06 bits per heavy atom. The van der Waals surface area contributed by atoms with E-state index in [0.29, 0.717) is 15.6 Å². The molecule has 0 radical (unpaired) electrons. The van der Waals surface area contributed by atoms with E-state index in [0.717, 1.165) is 16.7 Å². The Labute approximate surface area is 116 Å². The third-order valence-electron chi connectivity index (χ3n) is 2.86. The maximum atomic E-state index is 11.5. The van der Waals surface area contributed by atoms with Gasteiger partial charge < -0.3 is 0 Å². The van der Waals surface area contributed by atoms with Gasteiger partial charge in [0.25, 0.3) is 0 Å². The fraction of sp³-hybridized carbons (Fsp3) is 0.133. The summed E-state index contributed by atoms with van der Waals surface area (Å²) >= 11 is 12.1. The second kappa shape index (κ2) is 5.13. The number of carbonyl (C=O) groups is 1. The molecular formula is C15H12Cl2O. The Kier molecular flexibility index (Phi) is 3.74. The molecule has 1 nitrogen and oxygen atoms in total. The molecule has 0 spiro atoms. The monoisotopic (exact) mass is 278 g/mol. The number of ketones is 1. The van der Waals surface area contributed by atoms with Crippen molar-refractivity contribution in [3.63, 3.8) is 0 Å². The largest absolute Gasteiger partial charge is 0.295 e. The molecule has 92 valence electrons.